The van der Waals surface area contributed by atoms with Crippen molar-refractivity contribution < 1.29 is 4.74 Å². The van der Waals surface area contributed by atoms with Gasteiger partial charge in [0.05, 0.1) is 12.8 Å². The van der Waals surface area contributed by atoms with E-state index in [0.717, 1.165) is 17.8 Å². The lowest BCUT2D eigenvalue weighted by Crippen LogP contribution is -2.13. The third-order valence-electron chi connectivity index (χ3n) is 3.12. The Labute approximate surface area is 111 Å². The number of nitrogens with one attached hydrogen (secondary N) is 1. The standard InChI is InChI=1S/C12H18N6O/c1-5-9-7(2)17-18(8(9)3)12-10(19-4)11(16-13)14-6-15-12/h6H,5,13H2,1-4H3,(H,14,15,16). The molecule has 0 unspecified atom stereocenters. The van der Waals surface area contributed by atoms with Gasteiger partial charge >= 0.3 is 0 Å². The minimum Gasteiger partial charge on any atom is -0.490 e. The van der Waals surface area contributed by atoms with Crippen molar-refractivity contribution in [2.45, 2.75) is 27.2 Å². The van der Waals surface area contributed by atoms with Gasteiger partial charge in [0, 0.05) is 5.69 Å². The topological polar surface area (TPSA) is 90.9 Å². The number of aromatic nitrogens is 4. The Balaban J connectivity index is 2.65. The Kier molecular flexibility index (Phi) is 3.66. The van der Waals surface area contributed by atoms with Gasteiger partial charge in [-0.25, -0.2) is 20.5 Å². The van der Waals surface area contributed by atoms with Crippen LogP contribution in [-0.2, 0) is 6.42 Å². The maximum atomic E-state index is 5.42. The monoisotopic (exact) mass is 262 g/mol. The van der Waals surface area contributed by atoms with Crippen molar-refractivity contribution in [3.63, 3.8) is 0 Å². The molecule has 0 radical (unpaired) electrons. The molecule has 0 saturated heterocycles. The van der Waals surface area contributed by atoms with Gasteiger partial charge in [-0.05, 0) is 25.8 Å². The van der Waals surface area contributed by atoms with Gasteiger partial charge in [0.1, 0.15) is 6.33 Å². The normalized spacial score (nSPS) is 10.6. The molecular formula is C12H18N6O. The van der Waals surface area contributed by atoms with Crippen LogP contribution in [0.3, 0.4) is 0 Å². The van der Waals surface area contributed by atoms with Gasteiger partial charge in [0.15, 0.2) is 5.82 Å². The van der Waals surface area contributed by atoms with Crippen LogP contribution in [0.1, 0.15) is 23.9 Å². The molecule has 3 N–H and O–H groups in total. The third kappa shape index (κ3) is 2.12. The third-order valence-corrected chi connectivity index (χ3v) is 3.12. The lowest BCUT2D eigenvalue weighted by atomic mass is 10.1. The number of hydrazine groups is 1. The van der Waals surface area contributed by atoms with Gasteiger partial charge in [-0.15, -0.1) is 0 Å². The molecule has 2 heterocycles. The molecule has 0 spiro atoms. The van der Waals surface area contributed by atoms with Crippen LogP contribution in [0.15, 0.2) is 6.33 Å². The molecular weight excluding hydrogens is 244 g/mol. The van der Waals surface area contributed by atoms with Crippen LogP contribution in [0.2, 0.25) is 0 Å². The Morgan fingerprint density at radius 1 is 1.37 bits per heavy atom. The Hall–Kier alpha value is -2.15. The second kappa shape index (κ2) is 5.23. The fourth-order valence-corrected chi connectivity index (χ4v) is 2.20. The molecule has 2 rings (SSSR count). The number of rotatable bonds is 4. The molecule has 0 amide bonds. The molecule has 2 aromatic rings. The summed E-state index contributed by atoms with van der Waals surface area (Å²) in [6.45, 7) is 6.10. The van der Waals surface area contributed by atoms with Crippen LogP contribution < -0.4 is 16.0 Å². The first kappa shape index (κ1) is 13.3. The van der Waals surface area contributed by atoms with Crippen LogP contribution >= 0.6 is 0 Å². The van der Waals surface area contributed by atoms with Gasteiger partial charge in [0.2, 0.25) is 11.6 Å². The smallest absolute Gasteiger partial charge is 0.207 e. The zero-order valence-electron chi connectivity index (χ0n) is 11.6. The lowest BCUT2D eigenvalue weighted by Gasteiger charge is -2.11. The molecule has 0 aliphatic heterocycles. The van der Waals surface area contributed by atoms with Crippen LogP contribution in [0.5, 0.6) is 5.75 Å². The van der Waals surface area contributed by atoms with Gasteiger partial charge in [-0.1, -0.05) is 6.92 Å². The molecule has 0 bridgehead atoms. The van der Waals surface area contributed by atoms with Crippen LogP contribution in [0.4, 0.5) is 5.82 Å². The van der Waals surface area contributed by atoms with Crippen molar-refractivity contribution in [1.29, 1.82) is 0 Å². The number of methoxy groups -OCH3 is 1. The molecule has 2 aromatic heterocycles. The highest BCUT2D eigenvalue weighted by Gasteiger charge is 2.18. The quantitative estimate of drug-likeness (QED) is 0.634. The molecule has 0 aliphatic carbocycles. The second-order valence-corrected chi connectivity index (χ2v) is 4.14. The fraction of sp³-hybridized carbons (Fsp3) is 0.417. The molecule has 19 heavy (non-hydrogen) atoms. The Morgan fingerprint density at radius 2 is 2.11 bits per heavy atom. The highest BCUT2D eigenvalue weighted by Crippen LogP contribution is 2.28. The van der Waals surface area contributed by atoms with E-state index in [4.69, 9.17) is 10.6 Å². The average molecular weight is 262 g/mol. The van der Waals surface area contributed by atoms with Crippen LogP contribution in [-0.4, -0.2) is 26.9 Å². The van der Waals surface area contributed by atoms with Crippen molar-refractivity contribution in [2.75, 3.05) is 12.5 Å². The molecule has 102 valence electrons. The summed E-state index contributed by atoms with van der Waals surface area (Å²) in [4.78, 5) is 8.27. The van der Waals surface area contributed by atoms with E-state index in [0.29, 0.717) is 17.4 Å². The van der Waals surface area contributed by atoms with Crippen molar-refractivity contribution in [1.82, 2.24) is 19.7 Å². The number of hydrogen-bond donors (Lipinski definition) is 2. The number of ether oxygens (including phenoxy) is 1. The van der Waals surface area contributed by atoms with E-state index in [9.17, 15) is 0 Å². The summed E-state index contributed by atoms with van der Waals surface area (Å²) < 4.78 is 7.09. The number of hydrogen-bond acceptors (Lipinski definition) is 6. The molecule has 0 atom stereocenters. The predicted molar refractivity (Wildman–Crippen MR) is 72.4 cm³/mol. The molecule has 0 fully saturated rings. The highest BCUT2D eigenvalue weighted by atomic mass is 16.5. The molecule has 7 nitrogen and oxygen atoms in total. The predicted octanol–water partition coefficient (Wildman–Crippen LogP) is 1.14. The molecule has 0 aromatic carbocycles. The average Bonchev–Trinajstić information content (AvgIpc) is 2.72. The summed E-state index contributed by atoms with van der Waals surface area (Å²) in [5, 5.41) is 4.51. The van der Waals surface area contributed by atoms with E-state index in [2.05, 4.69) is 27.4 Å². The van der Waals surface area contributed by atoms with E-state index in [1.807, 2.05) is 13.8 Å². The van der Waals surface area contributed by atoms with E-state index >= 15 is 0 Å². The van der Waals surface area contributed by atoms with Crippen molar-refractivity contribution in [3.8, 4) is 11.6 Å². The fourth-order valence-electron chi connectivity index (χ4n) is 2.20. The Bertz CT molecular complexity index is 592. The summed E-state index contributed by atoms with van der Waals surface area (Å²) in [5.74, 6) is 6.90. The first-order valence-corrected chi connectivity index (χ1v) is 6.05. The number of anilines is 1. The van der Waals surface area contributed by atoms with E-state index < -0.39 is 0 Å². The van der Waals surface area contributed by atoms with Gasteiger partial charge < -0.3 is 10.2 Å². The maximum absolute atomic E-state index is 5.42. The van der Waals surface area contributed by atoms with Crippen molar-refractivity contribution >= 4 is 5.82 Å². The van der Waals surface area contributed by atoms with Gasteiger partial charge in [-0.3, -0.25) is 0 Å². The highest BCUT2D eigenvalue weighted by molar-refractivity contribution is 5.57. The molecule has 7 heteroatoms. The van der Waals surface area contributed by atoms with Crippen LogP contribution in [0.25, 0.3) is 5.82 Å². The second-order valence-electron chi connectivity index (χ2n) is 4.14. The van der Waals surface area contributed by atoms with Gasteiger partial charge in [-0.2, -0.15) is 5.10 Å². The zero-order chi connectivity index (χ0) is 14.0. The SMILES string of the molecule is CCc1c(C)nn(-c2ncnc(NN)c2OC)c1C. The lowest BCUT2D eigenvalue weighted by molar-refractivity contribution is 0.408. The molecule has 0 aliphatic rings. The van der Waals surface area contributed by atoms with Crippen molar-refractivity contribution in [3.05, 3.63) is 23.3 Å². The number of nitrogen functional groups attached to an aromatic ring is 1. The summed E-state index contributed by atoms with van der Waals surface area (Å²) in [5.41, 5.74) is 5.74. The van der Waals surface area contributed by atoms with E-state index in [-0.39, 0.29) is 0 Å². The summed E-state index contributed by atoms with van der Waals surface area (Å²) in [6.07, 6.45) is 2.35. The minimum atomic E-state index is 0.429. The maximum Gasteiger partial charge on any atom is 0.207 e. The zero-order valence-corrected chi connectivity index (χ0v) is 11.6. The largest absolute Gasteiger partial charge is 0.490 e. The first-order valence-electron chi connectivity index (χ1n) is 6.05. The number of aryl methyl sites for hydroxylation is 1. The van der Waals surface area contributed by atoms with Crippen LogP contribution in [0, 0.1) is 13.8 Å². The molecule has 0 saturated carbocycles. The number of nitrogens with two attached hydrogens (primary N) is 1. The first-order chi connectivity index (χ1) is 9.13. The summed E-state index contributed by atoms with van der Waals surface area (Å²) in [7, 11) is 1.55. The summed E-state index contributed by atoms with van der Waals surface area (Å²) in [6, 6.07) is 0. The minimum absolute atomic E-state index is 0.429. The van der Waals surface area contributed by atoms with E-state index in [1.54, 1.807) is 11.8 Å². The Morgan fingerprint density at radius 3 is 2.63 bits per heavy atom. The van der Waals surface area contributed by atoms with Gasteiger partial charge in [0.25, 0.3) is 0 Å². The van der Waals surface area contributed by atoms with Crippen molar-refractivity contribution in [2.24, 2.45) is 5.84 Å². The summed E-state index contributed by atoms with van der Waals surface area (Å²) >= 11 is 0. The van der Waals surface area contributed by atoms with E-state index in [1.165, 1.54) is 11.9 Å². The number of nitrogens with zero attached hydrogens (tertiary/aromatic N) is 4.